The predicted molar refractivity (Wildman–Crippen MR) is 196 cm³/mol. The van der Waals surface area contributed by atoms with Crippen LogP contribution in [0.2, 0.25) is 0 Å². The molecule has 0 aliphatic heterocycles. The Labute approximate surface area is 299 Å². The van der Waals surface area contributed by atoms with Crippen LogP contribution in [-0.2, 0) is 33.3 Å². The highest BCUT2D eigenvalue weighted by atomic mass is 32.2. The summed E-state index contributed by atoms with van der Waals surface area (Å²) in [5.74, 6) is -2.56. The van der Waals surface area contributed by atoms with E-state index in [1.165, 1.54) is 13.2 Å². The molecule has 0 saturated heterocycles. The van der Waals surface area contributed by atoms with Gasteiger partial charge in [0.1, 0.15) is 13.7 Å². The van der Waals surface area contributed by atoms with Crippen molar-refractivity contribution in [1.29, 1.82) is 0 Å². The highest BCUT2D eigenvalue weighted by molar-refractivity contribution is 7.86. The van der Waals surface area contributed by atoms with E-state index in [-0.39, 0.29) is 16.7 Å². The van der Waals surface area contributed by atoms with E-state index >= 15 is 0 Å². The molecule has 6 aromatic carbocycles. The van der Waals surface area contributed by atoms with Gasteiger partial charge in [0.05, 0.1) is 29.2 Å². The Balaban J connectivity index is 1.35. The maximum Gasteiger partial charge on any atom is 0.338 e. The second kappa shape index (κ2) is 15.8. The molecule has 11 nitrogen and oxygen atoms in total. The Bertz CT molecular complexity index is 2410. The molecule has 0 aliphatic rings. The topological polar surface area (TPSA) is 144 Å². The summed E-state index contributed by atoms with van der Waals surface area (Å²) in [7, 11) is -3.06. The maximum absolute atomic E-state index is 13.8. The zero-order valence-corrected chi connectivity index (χ0v) is 28.9. The molecule has 0 bridgehead atoms. The highest BCUT2D eigenvalue weighted by Gasteiger charge is 2.40. The SMILES string of the molecule is CO/N=C/[C@H](OC(=O)c1ccc2ccccc2c1)[C@@H](OC(=O)c1ccc2ccccc2c1)[C@H](COC(=O)c1ccc2ccccc2c1)OS(C)(=O)=O. The molecule has 0 aromatic heterocycles. The van der Waals surface area contributed by atoms with Gasteiger partial charge in [0.2, 0.25) is 0 Å². The molecule has 264 valence electrons. The average molecular weight is 720 g/mol. The number of rotatable bonds is 13. The quantitative estimate of drug-likeness (QED) is 0.0414. The van der Waals surface area contributed by atoms with E-state index in [4.69, 9.17) is 23.2 Å². The van der Waals surface area contributed by atoms with Gasteiger partial charge in [-0.25, -0.2) is 14.4 Å². The van der Waals surface area contributed by atoms with Crippen LogP contribution in [0.3, 0.4) is 0 Å². The van der Waals surface area contributed by atoms with Crippen LogP contribution in [0, 0.1) is 0 Å². The lowest BCUT2D eigenvalue weighted by atomic mass is 10.1. The third kappa shape index (κ3) is 8.78. The third-order valence-corrected chi connectivity index (χ3v) is 8.72. The highest BCUT2D eigenvalue weighted by Crippen LogP contribution is 2.23. The molecule has 0 heterocycles. The summed E-state index contributed by atoms with van der Waals surface area (Å²) in [6.45, 7) is -0.737. The van der Waals surface area contributed by atoms with Crippen LogP contribution in [0.15, 0.2) is 133 Å². The number of fused-ring (bicyclic) bond motifs is 3. The number of carbonyl (C=O) groups excluding carboxylic acids is 3. The van der Waals surface area contributed by atoms with Crippen LogP contribution in [0.25, 0.3) is 32.3 Å². The fraction of sp³-hybridized carbons (Fsp3) is 0.150. The van der Waals surface area contributed by atoms with Crippen molar-refractivity contribution >= 4 is 66.6 Å². The summed E-state index contributed by atoms with van der Waals surface area (Å²) in [4.78, 5) is 45.6. The number of benzene rings is 6. The van der Waals surface area contributed by atoms with Crippen LogP contribution in [-0.4, -0.2) is 70.8 Å². The Morgan fingerprint density at radius 1 is 0.615 bits per heavy atom. The van der Waals surface area contributed by atoms with E-state index in [1.807, 2.05) is 72.8 Å². The number of hydrogen-bond donors (Lipinski definition) is 0. The smallest absolute Gasteiger partial charge is 0.338 e. The van der Waals surface area contributed by atoms with Crippen LogP contribution >= 0.6 is 0 Å². The van der Waals surface area contributed by atoms with Gasteiger partial charge in [0.25, 0.3) is 10.1 Å². The van der Waals surface area contributed by atoms with Gasteiger partial charge < -0.3 is 19.0 Å². The summed E-state index contributed by atoms with van der Waals surface area (Å²) >= 11 is 0. The molecule has 0 aliphatic carbocycles. The summed E-state index contributed by atoms with van der Waals surface area (Å²) in [5.41, 5.74) is 0.442. The van der Waals surface area contributed by atoms with Crippen molar-refractivity contribution in [2.75, 3.05) is 20.0 Å². The Morgan fingerprint density at radius 3 is 1.48 bits per heavy atom. The Morgan fingerprint density at radius 2 is 1.04 bits per heavy atom. The number of carbonyl (C=O) groups is 3. The lowest BCUT2D eigenvalue weighted by Gasteiger charge is -2.30. The number of ether oxygens (including phenoxy) is 3. The van der Waals surface area contributed by atoms with Gasteiger partial charge in [-0.15, -0.1) is 0 Å². The van der Waals surface area contributed by atoms with Gasteiger partial charge >= 0.3 is 17.9 Å². The molecule has 0 fully saturated rings. The molecule has 0 unspecified atom stereocenters. The molecule has 3 atom stereocenters. The van der Waals surface area contributed by atoms with Crippen molar-refractivity contribution in [3.63, 3.8) is 0 Å². The van der Waals surface area contributed by atoms with Crippen LogP contribution in [0.4, 0.5) is 0 Å². The monoisotopic (exact) mass is 719 g/mol. The number of esters is 3. The lowest BCUT2D eigenvalue weighted by Crippen LogP contribution is -2.48. The van der Waals surface area contributed by atoms with E-state index < -0.39 is 52.9 Å². The van der Waals surface area contributed by atoms with E-state index in [0.717, 1.165) is 44.8 Å². The Kier molecular flexibility index (Phi) is 10.9. The maximum atomic E-state index is 13.8. The van der Waals surface area contributed by atoms with Crippen LogP contribution < -0.4 is 0 Å². The van der Waals surface area contributed by atoms with Crippen molar-refractivity contribution in [2.24, 2.45) is 5.16 Å². The minimum absolute atomic E-state index is 0.109. The molecule has 6 aromatic rings. The normalized spacial score (nSPS) is 13.4. The first kappa shape index (κ1) is 35.7. The second-order valence-corrected chi connectivity index (χ2v) is 13.4. The van der Waals surface area contributed by atoms with Crippen molar-refractivity contribution in [3.8, 4) is 0 Å². The van der Waals surface area contributed by atoms with E-state index in [1.54, 1.807) is 48.5 Å². The van der Waals surface area contributed by atoms with E-state index in [2.05, 4.69) is 5.16 Å². The standard InChI is InChI=1S/C40H33NO10S/c1-47-41-24-35(49-39(43)33-19-16-27-10-4-7-13-30(27)22-33)37(50-40(44)34-20-17-28-11-5-8-14-31(28)23-34)36(51-52(2,45)46)25-48-38(42)32-18-15-26-9-3-6-12-29(26)21-32/h3-24,35-37H,25H2,1-2H3/b41-24+/t35-,36-,37+/m0/s1. The minimum Gasteiger partial charge on any atom is -0.459 e. The van der Waals surface area contributed by atoms with Gasteiger partial charge in [0, 0.05) is 0 Å². The largest absolute Gasteiger partial charge is 0.459 e. The first-order valence-corrected chi connectivity index (χ1v) is 17.9. The zero-order chi connectivity index (χ0) is 36.7. The predicted octanol–water partition coefficient (Wildman–Crippen LogP) is 6.73. The first-order valence-electron chi connectivity index (χ1n) is 16.1. The third-order valence-electron chi connectivity index (χ3n) is 8.12. The van der Waals surface area contributed by atoms with E-state index in [0.29, 0.717) is 0 Å². The fourth-order valence-corrected chi connectivity index (χ4v) is 6.25. The average Bonchev–Trinajstić information content (AvgIpc) is 3.15. The van der Waals surface area contributed by atoms with Gasteiger partial charge in [-0.1, -0.05) is 96.2 Å². The number of oxime groups is 1. The number of hydrogen-bond acceptors (Lipinski definition) is 11. The van der Waals surface area contributed by atoms with Gasteiger partial charge in [-0.2, -0.15) is 8.42 Å². The molecular weight excluding hydrogens is 687 g/mol. The summed E-state index contributed by atoms with van der Waals surface area (Å²) < 4.78 is 48.0. The molecule has 0 amide bonds. The molecule has 6 rings (SSSR count). The minimum atomic E-state index is -4.30. The van der Waals surface area contributed by atoms with Gasteiger partial charge in [-0.3, -0.25) is 4.18 Å². The fourth-order valence-electron chi connectivity index (χ4n) is 5.63. The molecule has 0 spiro atoms. The summed E-state index contributed by atoms with van der Waals surface area (Å²) in [6, 6.07) is 36.8. The first-order chi connectivity index (χ1) is 25.1. The van der Waals surface area contributed by atoms with Gasteiger partial charge in [-0.05, 0) is 68.7 Å². The summed E-state index contributed by atoms with van der Waals surface area (Å²) in [6.07, 6.45) is -3.24. The van der Waals surface area contributed by atoms with Crippen molar-refractivity contribution in [3.05, 3.63) is 144 Å². The van der Waals surface area contributed by atoms with Crippen molar-refractivity contribution < 1.29 is 46.0 Å². The zero-order valence-electron chi connectivity index (χ0n) is 28.1. The molecule has 0 N–H and O–H groups in total. The van der Waals surface area contributed by atoms with Crippen molar-refractivity contribution in [1.82, 2.24) is 0 Å². The number of nitrogens with zero attached hydrogens (tertiary/aromatic N) is 1. The van der Waals surface area contributed by atoms with Gasteiger partial charge in [0.15, 0.2) is 18.3 Å². The Hall–Kier alpha value is -6.11. The molecular formula is C40H33NO10S. The van der Waals surface area contributed by atoms with E-state index in [9.17, 15) is 22.8 Å². The molecule has 0 radical (unpaired) electrons. The molecule has 0 saturated carbocycles. The molecule has 52 heavy (non-hydrogen) atoms. The molecule has 12 heteroatoms. The van der Waals surface area contributed by atoms with Crippen LogP contribution in [0.1, 0.15) is 31.1 Å². The second-order valence-electron chi connectivity index (χ2n) is 11.8. The van der Waals surface area contributed by atoms with Crippen molar-refractivity contribution in [2.45, 2.75) is 18.3 Å². The lowest BCUT2D eigenvalue weighted by molar-refractivity contribution is -0.0683. The summed E-state index contributed by atoms with van der Waals surface area (Å²) in [5, 5.41) is 8.67. The van der Waals surface area contributed by atoms with Crippen LogP contribution in [0.5, 0.6) is 0 Å².